The van der Waals surface area contributed by atoms with Gasteiger partial charge in [0.25, 0.3) is 11.4 Å². The van der Waals surface area contributed by atoms with E-state index in [4.69, 9.17) is 0 Å². The molecule has 0 saturated heterocycles. The van der Waals surface area contributed by atoms with Gasteiger partial charge in [-0.2, -0.15) is 5.10 Å². The summed E-state index contributed by atoms with van der Waals surface area (Å²) in [6, 6.07) is 3.16. The van der Waals surface area contributed by atoms with Gasteiger partial charge < -0.3 is 0 Å². The molecule has 0 fully saturated rings. The molecule has 0 saturated carbocycles. The van der Waals surface area contributed by atoms with Gasteiger partial charge >= 0.3 is 0 Å². The van der Waals surface area contributed by atoms with Crippen molar-refractivity contribution in [3.8, 4) is 0 Å². The Morgan fingerprint density at radius 1 is 1.29 bits per heavy atom. The first kappa shape index (κ1) is 16.2. The fourth-order valence-corrected chi connectivity index (χ4v) is 1.43. The van der Waals surface area contributed by atoms with Crippen LogP contribution in [0.1, 0.15) is 25.8 Å². The van der Waals surface area contributed by atoms with E-state index < -0.39 is 27.1 Å². The molecule has 9 nitrogen and oxygen atoms in total. The minimum absolute atomic E-state index is 0.0902. The number of carbonyl (C=O) groups excluding carboxylic acids is 1. The van der Waals surface area contributed by atoms with Crippen LogP contribution in [-0.2, 0) is 11.2 Å². The highest BCUT2D eigenvalue weighted by molar-refractivity contribution is 5.85. The van der Waals surface area contributed by atoms with Crippen molar-refractivity contribution < 1.29 is 14.6 Å². The van der Waals surface area contributed by atoms with E-state index in [1.165, 1.54) is 6.07 Å². The van der Waals surface area contributed by atoms with E-state index in [9.17, 15) is 25.0 Å². The fourth-order valence-electron chi connectivity index (χ4n) is 1.43. The summed E-state index contributed by atoms with van der Waals surface area (Å²) in [5, 5.41) is 25.3. The number of nitrogens with zero attached hydrogens (tertiary/aromatic N) is 3. The molecule has 0 spiro atoms. The van der Waals surface area contributed by atoms with Gasteiger partial charge in [0.05, 0.1) is 22.3 Å². The van der Waals surface area contributed by atoms with Crippen molar-refractivity contribution in [2.24, 2.45) is 5.10 Å². The second-order valence-electron chi connectivity index (χ2n) is 4.24. The van der Waals surface area contributed by atoms with E-state index in [2.05, 4.69) is 10.5 Å². The van der Waals surface area contributed by atoms with E-state index in [0.717, 1.165) is 12.1 Å². The van der Waals surface area contributed by atoms with Gasteiger partial charge in [0.15, 0.2) is 0 Å². The van der Waals surface area contributed by atoms with Crippen molar-refractivity contribution in [2.45, 2.75) is 26.7 Å². The van der Waals surface area contributed by atoms with Crippen molar-refractivity contribution in [3.05, 3.63) is 44.0 Å². The van der Waals surface area contributed by atoms with Crippen LogP contribution in [0.25, 0.3) is 0 Å². The number of carbonyl (C=O) groups is 1. The molecule has 0 radical (unpaired) electrons. The Hall–Kier alpha value is -2.84. The highest BCUT2D eigenvalue weighted by Gasteiger charge is 2.20. The first-order chi connectivity index (χ1) is 9.85. The van der Waals surface area contributed by atoms with Crippen LogP contribution in [0.5, 0.6) is 0 Å². The highest BCUT2D eigenvalue weighted by atomic mass is 16.6. The molecule has 1 aromatic carbocycles. The highest BCUT2D eigenvalue weighted by Crippen LogP contribution is 2.24. The number of hydrogen-bond acceptors (Lipinski definition) is 6. The lowest BCUT2D eigenvalue weighted by molar-refractivity contribution is -0.394. The van der Waals surface area contributed by atoms with Gasteiger partial charge in [-0.3, -0.25) is 25.0 Å². The van der Waals surface area contributed by atoms with Gasteiger partial charge in [-0.1, -0.05) is 6.92 Å². The second-order valence-corrected chi connectivity index (χ2v) is 4.24. The quantitative estimate of drug-likeness (QED) is 0.487. The molecule has 0 unspecified atom stereocenters. The van der Waals surface area contributed by atoms with Gasteiger partial charge in [0, 0.05) is 17.3 Å². The largest absolute Gasteiger partial charge is 0.279 e. The number of nitro groups is 2. The van der Waals surface area contributed by atoms with Crippen LogP contribution in [0.2, 0.25) is 0 Å². The van der Waals surface area contributed by atoms with Gasteiger partial charge in [0.1, 0.15) is 0 Å². The molecule has 112 valence electrons. The van der Waals surface area contributed by atoms with E-state index in [0.29, 0.717) is 12.1 Å². The van der Waals surface area contributed by atoms with Gasteiger partial charge in [-0.05, 0) is 19.4 Å². The Kier molecular flexibility index (Phi) is 5.47. The summed E-state index contributed by atoms with van der Waals surface area (Å²) in [5.41, 5.74) is 2.22. The summed E-state index contributed by atoms with van der Waals surface area (Å²) in [7, 11) is 0. The fraction of sp³-hybridized carbons (Fsp3) is 0.333. The van der Waals surface area contributed by atoms with Crippen LogP contribution in [0.3, 0.4) is 0 Å². The van der Waals surface area contributed by atoms with Crippen molar-refractivity contribution in [1.82, 2.24) is 5.43 Å². The van der Waals surface area contributed by atoms with Crippen LogP contribution in [0, 0.1) is 20.2 Å². The SMILES string of the molecule is CCC(C)=NNC(=O)Cc1ccc([N+](=O)[O-])cc1[N+](=O)[O-]. The summed E-state index contributed by atoms with van der Waals surface area (Å²) >= 11 is 0. The molecule has 1 amide bonds. The Labute approximate surface area is 120 Å². The zero-order valence-corrected chi connectivity index (χ0v) is 11.5. The van der Waals surface area contributed by atoms with Crippen molar-refractivity contribution in [2.75, 3.05) is 0 Å². The molecule has 9 heteroatoms. The summed E-state index contributed by atoms with van der Waals surface area (Å²) in [6.07, 6.45) is 0.382. The number of rotatable bonds is 6. The lowest BCUT2D eigenvalue weighted by Crippen LogP contribution is -2.21. The second kappa shape index (κ2) is 7.08. The number of hydrogen-bond donors (Lipinski definition) is 1. The Morgan fingerprint density at radius 2 is 1.95 bits per heavy atom. The molecule has 0 aromatic heterocycles. The van der Waals surface area contributed by atoms with Crippen LogP contribution in [0.15, 0.2) is 23.3 Å². The standard InChI is InChI=1S/C12H14N4O5/c1-3-8(2)13-14-12(17)6-9-4-5-10(15(18)19)7-11(9)16(20)21/h4-5,7H,3,6H2,1-2H3,(H,14,17). The van der Waals surface area contributed by atoms with E-state index >= 15 is 0 Å². The Morgan fingerprint density at radius 3 is 2.48 bits per heavy atom. The third-order valence-electron chi connectivity index (χ3n) is 2.71. The molecule has 0 bridgehead atoms. The number of non-ortho nitro benzene ring substituents is 1. The molecule has 1 aromatic rings. The smallest absolute Gasteiger partial charge is 0.273 e. The molecular weight excluding hydrogens is 280 g/mol. The third kappa shape index (κ3) is 4.64. The van der Waals surface area contributed by atoms with Crippen molar-refractivity contribution in [3.63, 3.8) is 0 Å². The van der Waals surface area contributed by atoms with E-state index in [-0.39, 0.29) is 12.0 Å². The minimum Gasteiger partial charge on any atom is -0.273 e. The predicted molar refractivity (Wildman–Crippen MR) is 75.0 cm³/mol. The lowest BCUT2D eigenvalue weighted by Gasteiger charge is -2.03. The number of hydrazone groups is 1. The molecule has 21 heavy (non-hydrogen) atoms. The topological polar surface area (TPSA) is 128 Å². The summed E-state index contributed by atoms with van der Waals surface area (Å²) < 4.78 is 0. The zero-order chi connectivity index (χ0) is 16.0. The van der Waals surface area contributed by atoms with Crippen LogP contribution in [0.4, 0.5) is 11.4 Å². The maximum atomic E-state index is 11.7. The van der Waals surface area contributed by atoms with Crippen molar-refractivity contribution >= 4 is 23.0 Å². The van der Waals surface area contributed by atoms with E-state index in [1.807, 2.05) is 6.92 Å². The third-order valence-corrected chi connectivity index (χ3v) is 2.71. The summed E-state index contributed by atoms with van der Waals surface area (Å²) in [4.78, 5) is 31.7. The minimum atomic E-state index is -0.754. The van der Waals surface area contributed by atoms with Crippen molar-refractivity contribution in [1.29, 1.82) is 0 Å². The maximum Gasteiger partial charge on any atom is 0.279 e. The zero-order valence-electron chi connectivity index (χ0n) is 11.5. The number of nitrogens with one attached hydrogen (secondary N) is 1. The molecule has 1 rings (SSSR count). The molecule has 0 heterocycles. The average Bonchev–Trinajstić information content (AvgIpc) is 2.44. The van der Waals surface area contributed by atoms with E-state index in [1.54, 1.807) is 6.92 Å². The van der Waals surface area contributed by atoms with Gasteiger partial charge in [-0.15, -0.1) is 0 Å². The number of nitro benzene ring substituents is 2. The first-order valence-electron chi connectivity index (χ1n) is 6.08. The maximum absolute atomic E-state index is 11.7. The molecule has 0 aliphatic heterocycles. The van der Waals surface area contributed by atoms with Gasteiger partial charge in [-0.25, -0.2) is 5.43 Å². The normalized spacial score (nSPS) is 11.0. The molecule has 0 aliphatic rings. The van der Waals surface area contributed by atoms with Crippen LogP contribution in [-0.4, -0.2) is 21.5 Å². The number of amides is 1. The molecular formula is C12H14N4O5. The first-order valence-corrected chi connectivity index (χ1v) is 6.08. The molecule has 0 aliphatic carbocycles. The molecule has 0 atom stereocenters. The Bertz CT molecular complexity index is 612. The summed E-state index contributed by atoms with van der Waals surface area (Å²) in [6.45, 7) is 3.60. The summed E-state index contributed by atoms with van der Waals surface area (Å²) in [5.74, 6) is -0.528. The number of benzene rings is 1. The molecule has 1 N–H and O–H groups in total. The predicted octanol–water partition coefficient (Wildman–Crippen LogP) is 1.95. The monoisotopic (exact) mass is 294 g/mol. The average molecular weight is 294 g/mol. The Balaban J connectivity index is 2.95. The lowest BCUT2D eigenvalue weighted by atomic mass is 10.1. The van der Waals surface area contributed by atoms with Crippen LogP contribution >= 0.6 is 0 Å². The van der Waals surface area contributed by atoms with Crippen LogP contribution < -0.4 is 5.43 Å². The van der Waals surface area contributed by atoms with Gasteiger partial charge in [0.2, 0.25) is 5.91 Å².